The zero-order chi connectivity index (χ0) is 21.3. The van der Waals surface area contributed by atoms with Gasteiger partial charge in [0.05, 0.1) is 23.9 Å². The molecule has 0 bridgehead atoms. The number of amides is 1. The zero-order valence-corrected chi connectivity index (χ0v) is 19.1. The molecule has 1 aromatic carbocycles. The van der Waals surface area contributed by atoms with Crippen LogP contribution in [0.3, 0.4) is 0 Å². The summed E-state index contributed by atoms with van der Waals surface area (Å²) in [5.41, 5.74) is 1.80. The third-order valence-corrected chi connectivity index (χ3v) is 7.45. The van der Waals surface area contributed by atoms with Crippen molar-refractivity contribution in [2.45, 2.75) is 37.3 Å². The number of carbonyl (C=O) groups is 1. The maximum atomic E-state index is 13.8. The summed E-state index contributed by atoms with van der Waals surface area (Å²) in [5, 5.41) is 1.27. The number of nitrogens with zero attached hydrogens (tertiary/aromatic N) is 3. The van der Waals surface area contributed by atoms with E-state index in [-0.39, 0.29) is 17.2 Å². The molecular weight excluding hydrogens is 418 g/mol. The Bertz CT molecular complexity index is 1150. The predicted octanol–water partition coefficient (Wildman–Crippen LogP) is 3.91. The number of carbonyl (C=O) groups excluding carboxylic acids is 1. The largest absolute Gasteiger partial charge is 0.497 e. The van der Waals surface area contributed by atoms with Crippen LogP contribution in [0.2, 0.25) is 0 Å². The van der Waals surface area contributed by atoms with Crippen LogP contribution < -0.4 is 10.3 Å². The minimum atomic E-state index is -0.0625. The van der Waals surface area contributed by atoms with Crippen molar-refractivity contribution >= 4 is 39.2 Å². The number of benzene rings is 1. The van der Waals surface area contributed by atoms with Crippen molar-refractivity contribution in [3.63, 3.8) is 0 Å². The Labute approximate surface area is 183 Å². The van der Waals surface area contributed by atoms with Crippen LogP contribution in [0.1, 0.15) is 29.7 Å². The van der Waals surface area contributed by atoms with Crippen LogP contribution in [-0.2, 0) is 17.6 Å². The molecule has 4 rings (SSSR count). The molecule has 0 atom stereocenters. The summed E-state index contributed by atoms with van der Waals surface area (Å²) in [6.45, 7) is 0. The fraction of sp³-hybridized carbons (Fsp3) is 0.409. The summed E-state index contributed by atoms with van der Waals surface area (Å²) in [6, 6.07) is 7.41. The van der Waals surface area contributed by atoms with Crippen molar-refractivity contribution in [3.8, 4) is 11.4 Å². The maximum Gasteiger partial charge on any atom is 0.267 e. The fourth-order valence-electron chi connectivity index (χ4n) is 3.69. The van der Waals surface area contributed by atoms with Gasteiger partial charge in [-0.2, -0.15) is 0 Å². The van der Waals surface area contributed by atoms with Crippen LogP contribution in [0.25, 0.3) is 15.9 Å². The molecule has 158 valence electrons. The second-order valence-electron chi connectivity index (χ2n) is 7.56. The highest BCUT2D eigenvalue weighted by Gasteiger charge is 2.23. The van der Waals surface area contributed by atoms with Gasteiger partial charge in [0, 0.05) is 25.0 Å². The zero-order valence-electron chi connectivity index (χ0n) is 17.4. The first-order chi connectivity index (χ1) is 14.5. The summed E-state index contributed by atoms with van der Waals surface area (Å²) in [6.07, 6.45) is 5.39. The van der Waals surface area contributed by atoms with E-state index in [2.05, 4.69) is 0 Å². The predicted molar refractivity (Wildman–Crippen MR) is 122 cm³/mol. The first kappa shape index (κ1) is 20.9. The first-order valence-corrected chi connectivity index (χ1v) is 11.8. The lowest BCUT2D eigenvalue weighted by molar-refractivity contribution is -0.125. The molecule has 0 spiro atoms. The van der Waals surface area contributed by atoms with Gasteiger partial charge in [-0.1, -0.05) is 24.2 Å². The van der Waals surface area contributed by atoms with E-state index in [4.69, 9.17) is 9.72 Å². The molecule has 0 unspecified atom stereocenters. The van der Waals surface area contributed by atoms with Gasteiger partial charge in [-0.15, -0.1) is 11.3 Å². The standard InChI is InChI=1S/C22H25N3O3S2/c1-24(2)18(26)13-29-22-23-20-19(16-10-5-4-6-11-17(16)30-20)21(27)25(22)14-8-7-9-15(12-14)28-3/h7-9,12H,4-6,10-11,13H2,1-3H3. The molecular formula is C22H25N3O3S2. The van der Waals surface area contributed by atoms with Crippen molar-refractivity contribution in [2.24, 2.45) is 0 Å². The summed E-state index contributed by atoms with van der Waals surface area (Å²) in [4.78, 5) is 34.4. The van der Waals surface area contributed by atoms with E-state index in [1.165, 1.54) is 28.6 Å². The van der Waals surface area contributed by atoms with Crippen LogP contribution in [0.15, 0.2) is 34.2 Å². The number of thioether (sulfide) groups is 1. The lowest BCUT2D eigenvalue weighted by atomic mass is 10.1. The third-order valence-electron chi connectivity index (χ3n) is 5.34. The molecule has 8 heteroatoms. The quantitative estimate of drug-likeness (QED) is 0.340. The van der Waals surface area contributed by atoms with E-state index in [0.29, 0.717) is 16.6 Å². The van der Waals surface area contributed by atoms with Gasteiger partial charge in [0.2, 0.25) is 5.91 Å². The second-order valence-corrected chi connectivity index (χ2v) is 9.58. The molecule has 0 radical (unpaired) electrons. The van der Waals surface area contributed by atoms with E-state index in [1.807, 2.05) is 24.3 Å². The minimum Gasteiger partial charge on any atom is -0.497 e. The average Bonchev–Trinajstić information content (AvgIpc) is 2.93. The molecule has 0 fully saturated rings. The summed E-state index contributed by atoms with van der Waals surface area (Å²) in [7, 11) is 5.06. The highest BCUT2D eigenvalue weighted by molar-refractivity contribution is 7.99. The van der Waals surface area contributed by atoms with Gasteiger partial charge in [-0.25, -0.2) is 4.98 Å². The van der Waals surface area contributed by atoms with Gasteiger partial charge >= 0.3 is 0 Å². The molecule has 0 saturated heterocycles. The van der Waals surface area contributed by atoms with Crippen molar-refractivity contribution in [1.29, 1.82) is 0 Å². The van der Waals surface area contributed by atoms with Gasteiger partial charge in [-0.3, -0.25) is 14.2 Å². The molecule has 1 aliphatic carbocycles. The highest BCUT2D eigenvalue weighted by atomic mass is 32.2. The molecule has 0 aliphatic heterocycles. The molecule has 30 heavy (non-hydrogen) atoms. The summed E-state index contributed by atoms with van der Waals surface area (Å²) >= 11 is 2.93. The Hall–Kier alpha value is -2.32. The van der Waals surface area contributed by atoms with Crippen LogP contribution in [0.4, 0.5) is 0 Å². The van der Waals surface area contributed by atoms with Gasteiger partial charge in [0.15, 0.2) is 5.16 Å². The lowest BCUT2D eigenvalue weighted by Gasteiger charge is -2.14. The average molecular weight is 444 g/mol. The van der Waals surface area contributed by atoms with Crippen LogP contribution in [0, 0.1) is 0 Å². The number of thiophene rings is 1. The SMILES string of the molecule is COc1cccc(-n2c(SCC(=O)N(C)C)nc3sc4c(c3c2=O)CCCCC4)c1. The minimum absolute atomic E-state index is 0.0199. The van der Waals surface area contributed by atoms with Crippen molar-refractivity contribution in [3.05, 3.63) is 45.1 Å². The number of fused-ring (bicyclic) bond motifs is 3. The number of hydrogen-bond acceptors (Lipinski definition) is 6. The molecule has 1 amide bonds. The topological polar surface area (TPSA) is 64.4 Å². The Morgan fingerprint density at radius 1 is 1.27 bits per heavy atom. The van der Waals surface area contributed by atoms with E-state index in [9.17, 15) is 9.59 Å². The number of aromatic nitrogens is 2. The van der Waals surface area contributed by atoms with Gasteiger partial charge < -0.3 is 9.64 Å². The molecule has 1 aliphatic rings. The van der Waals surface area contributed by atoms with Gasteiger partial charge in [0.25, 0.3) is 5.56 Å². The van der Waals surface area contributed by atoms with Crippen molar-refractivity contribution < 1.29 is 9.53 Å². The Balaban J connectivity index is 1.91. The van der Waals surface area contributed by atoms with E-state index >= 15 is 0 Å². The van der Waals surface area contributed by atoms with Crippen molar-refractivity contribution in [1.82, 2.24) is 14.5 Å². The molecule has 0 N–H and O–H groups in total. The Kier molecular flexibility index (Phi) is 6.15. The molecule has 0 saturated carbocycles. The first-order valence-electron chi connectivity index (χ1n) is 10.0. The van der Waals surface area contributed by atoms with Gasteiger partial charge in [-0.05, 0) is 43.4 Å². The van der Waals surface area contributed by atoms with E-state index < -0.39 is 0 Å². The summed E-state index contributed by atoms with van der Waals surface area (Å²) in [5.74, 6) is 0.873. The second kappa shape index (κ2) is 8.81. The Morgan fingerprint density at radius 2 is 2.07 bits per heavy atom. The number of rotatable bonds is 5. The number of ether oxygens (including phenoxy) is 1. The van der Waals surface area contributed by atoms with Crippen LogP contribution in [0.5, 0.6) is 5.75 Å². The molecule has 2 heterocycles. The fourth-order valence-corrected chi connectivity index (χ4v) is 5.99. The number of methoxy groups -OCH3 is 1. The third kappa shape index (κ3) is 3.98. The van der Waals surface area contributed by atoms with Crippen molar-refractivity contribution in [2.75, 3.05) is 27.0 Å². The van der Waals surface area contributed by atoms with Gasteiger partial charge in [0.1, 0.15) is 10.6 Å². The monoisotopic (exact) mass is 443 g/mol. The normalized spacial score (nSPS) is 13.7. The molecule has 3 aromatic rings. The van der Waals surface area contributed by atoms with Crippen LogP contribution >= 0.6 is 23.1 Å². The number of hydrogen-bond donors (Lipinski definition) is 0. The van der Waals surface area contributed by atoms with E-state index in [0.717, 1.165) is 35.9 Å². The summed E-state index contributed by atoms with van der Waals surface area (Å²) < 4.78 is 7.00. The van der Waals surface area contributed by atoms with E-state index in [1.54, 1.807) is 42.0 Å². The molecule has 2 aromatic heterocycles. The maximum absolute atomic E-state index is 13.8. The van der Waals surface area contributed by atoms with Crippen LogP contribution in [-0.4, -0.2) is 47.3 Å². The molecule has 6 nitrogen and oxygen atoms in total. The smallest absolute Gasteiger partial charge is 0.267 e. The highest BCUT2D eigenvalue weighted by Crippen LogP contribution is 2.35. The number of aryl methyl sites for hydroxylation is 2. The lowest BCUT2D eigenvalue weighted by Crippen LogP contribution is -2.25. The Morgan fingerprint density at radius 3 is 2.83 bits per heavy atom.